The maximum absolute atomic E-state index is 14.2. The van der Waals surface area contributed by atoms with Crippen LogP contribution in [0.15, 0.2) is 29.0 Å². The number of aromatic hydroxyl groups is 2. The van der Waals surface area contributed by atoms with Crippen LogP contribution in [0.5, 0.6) is 17.2 Å². The van der Waals surface area contributed by atoms with E-state index in [1.54, 1.807) is 0 Å². The van der Waals surface area contributed by atoms with E-state index in [1.807, 2.05) is 6.92 Å². The number of aliphatic hydroxyl groups excluding tert-OH is 1. The van der Waals surface area contributed by atoms with E-state index >= 15 is 0 Å². The molecular formula is C30H29NO9. The van der Waals surface area contributed by atoms with E-state index in [4.69, 9.17) is 10.5 Å². The zero-order valence-electron chi connectivity index (χ0n) is 22.5. The fourth-order valence-corrected chi connectivity index (χ4v) is 7.88. The Balaban J connectivity index is 1.75. The van der Waals surface area contributed by atoms with Crippen molar-refractivity contribution in [1.82, 2.24) is 0 Å². The molecule has 4 aliphatic rings. The number of methoxy groups -OCH3 is 1. The van der Waals surface area contributed by atoms with E-state index in [-0.39, 0.29) is 22.8 Å². The highest BCUT2D eigenvalue weighted by atomic mass is 16.5. The second-order valence-corrected chi connectivity index (χ2v) is 11.9. The number of ketones is 3. The van der Waals surface area contributed by atoms with Crippen molar-refractivity contribution < 1.29 is 44.3 Å². The van der Waals surface area contributed by atoms with Gasteiger partial charge in [-0.25, -0.2) is 0 Å². The normalized spacial score (nSPS) is 28.6. The lowest BCUT2D eigenvalue weighted by molar-refractivity contribution is -0.136. The number of nitrogens with two attached hydrogens (primary N) is 1. The van der Waals surface area contributed by atoms with Crippen LogP contribution in [0.2, 0.25) is 0 Å². The van der Waals surface area contributed by atoms with Gasteiger partial charge in [0.2, 0.25) is 17.2 Å². The topological polar surface area (TPSA) is 184 Å². The fourth-order valence-electron chi connectivity index (χ4n) is 7.88. The molecule has 2 aromatic carbocycles. The highest BCUT2D eigenvalue weighted by Gasteiger charge is 2.64. The molecule has 4 aliphatic carbocycles. The van der Waals surface area contributed by atoms with Crippen molar-refractivity contribution in [2.75, 3.05) is 7.11 Å². The number of hydrogen-bond donors (Lipinski definition) is 5. The number of amides is 1. The zero-order chi connectivity index (χ0) is 29.3. The number of carbonyl (C=O) groups is 4. The molecule has 6 rings (SSSR count). The number of ether oxygens (including phenoxy) is 1. The molecule has 10 nitrogen and oxygen atoms in total. The third kappa shape index (κ3) is 2.67. The summed E-state index contributed by atoms with van der Waals surface area (Å²) in [5, 5.41) is 44.9. The summed E-state index contributed by atoms with van der Waals surface area (Å²) in [4.78, 5) is 53.4. The number of Topliss-reactive ketones (excluding diaryl/α,β-unsaturated/α-hetero) is 3. The fraction of sp³-hybridized carbons (Fsp3) is 0.400. The molecule has 0 fully saturated rings. The van der Waals surface area contributed by atoms with Crippen molar-refractivity contribution in [3.8, 4) is 17.2 Å². The first kappa shape index (κ1) is 26.1. The summed E-state index contributed by atoms with van der Waals surface area (Å²) in [7, 11) is 1.46. The first-order chi connectivity index (χ1) is 18.7. The zero-order valence-corrected chi connectivity index (χ0v) is 22.5. The first-order valence-electron chi connectivity index (χ1n) is 13.0. The van der Waals surface area contributed by atoms with E-state index in [0.29, 0.717) is 22.3 Å². The molecular weight excluding hydrogens is 518 g/mol. The number of allylic oxidation sites excluding steroid dienone is 3. The van der Waals surface area contributed by atoms with Crippen molar-refractivity contribution in [3.05, 3.63) is 51.3 Å². The summed E-state index contributed by atoms with van der Waals surface area (Å²) < 4.78 is 5.74. The highest BCUT2D eigenvalue weighted by Crippen LogP contribution is 2.65. The van der Waals surface area contributed by atoms with Crippen molar-refractivity contribution in [1.29, 1.82) is 0 Å². The molecule has 3 atom stereocenters. The molecule has 2 aromatic rings. The van der Waals surface area contributed by atoms with E-state index in [0.717, 1.165) is 18.4 Å². The molecule has 0 radical (unpaired) electrons. The van der Waals surface area contributed by atoms with Gasteiger partial charge in [-0.05, 0) is 37.2 Å². The van der Waals surface area contributed by atoms with Gasteiger partial charge in [-0.3, -0.25) is 19.2 Å². The molecule has 6 N–H and O–H groups in total. The van der Waals surface area contributed by atoms with Crippen LogP contribution in [0.25, 0.3) is 10.8 Å². The summed E-state index contributed by atoms with van der Waals surface area (Å²) in [6, 6.07) is 1.35. The standard InChI is InChI=1S/C30H29NO9/c1-11-6-5-7-28(2,3)29(11)10-12-17-19(15(33)9-16(40-4)22(17)29)24(35)21-18(12)23(34)13-8-14(32)20(27(31)38)25(36)30(13,39)26(21)37/h6,9,13,32-33,35,39H,5,7-8,10H2,1-4H3,(H2,31,38)/t13-,29-,30-/m1/s1. The van der Waals surface area contributed by atoms with Gasteiger partial charge in [0.15, 0.2) is 5.78 Å². The molecule has 10 heteroatoms. The van der Waals surface area contributed by atoms with Crippen molar-refractivity contribution >= 4 is 34.0 Å². The minimum atomic E-state index is -3.07. The third-order valence-electron chi connectivity index (χ3n) is 9.88. The number of primary amides is 1. The molecule has 40 heavy (non-hydrogen) atoms. The molecule has 0 bridgehead atoms. The number of aliphatic hydroxyl groups is 2. The average molecular weight is 548 g/mol. The Morgan fingerprint density at radius 1 is 1.07 bits per heavy atom. The number of hydrogen-bond acceptors (Lipinski definition) is 9. The van der Waals surface area contributed by atoms with Crippen LogP contribution >= 0.6 is 0 Å². The van der Waals surface area contributed by atoms with E-state index in [1.165, 1.54) is 13.2 Å². The summed E-state index contributed by atoms with van der Waals surface area (Å²) in [5.41, 5.74) is 1.37. The maximum Gasteiger partial charge on any atom is 0.255 e. The van der Waals surface area contributed by atoms with Crippen LogP contribution in [-0.4, -0.2) is 56.4 Å². The van der Waals surface area contributed by atoms with E-state index in [2.05, 4.69) is 19.9 Å². The lowest BCUT2D eigenvalue weighted by atomic mass is 9.54. The molecule has 1 spiro atoms. The van der Waals surface area contributed by atoms with Crippen LogP contribution in [0.3, 0.4) is 0 Å². The van der Waals surface area contributed by atoms with Crippen LogP contribution < -0.4 is 10.5 Å². The molecule has 0 heterocycles. The Hall–Kier alpha value is -4.18. The molecule has 0 saturated heterocycles. The summed E-state index contributed by atoms with van der Waals surface area (Å²) in [6.45, 7) is 6.18. The number of rotatable bonds is 2. The molecule has 0 unspecified atom stereocenters. The number of phenolic OH excluding ortho intramolecular Hbond substituents is 2. The largest absolute Gasteiger partial charge is 0.511 e. The Labute approximate surface area is 228 Å². The van der Waals surface area contributed by atoms with Gasteiger partial charge in [0.25, 0.3) is 5.91 Å². The van der Waals surface area contributed by atoms with Gasteiger partial charge >= 0.3 is 0 Å². The Morgan fingerprint density at radius 3 is 2.35 bits per heavy atom. The predicted molar refractivity (Wildman–Crippen MR) is 142 cm³/mol. The van der Waals surface area contributed by atoms with Crippen molar-refractivity contribution in [3.63, 3.8) is 0 Å². The highest BCUT2D eigenvalue weighted by molar-refractivity contribution is 6.38. The first-order valence-corrected chi connectivity index (χ1v) is 13.0. The van der Waals surface area contributed by atoms with Crippen LogP contribution in [0.1, 0.15) is 71.9 Å². The lowest BCUT2D eigenvalue weighted by Gasteiger charge is -2.49. The predicted octanol–water partition coefficient (Wildman–Crippen LogP) is 2.82. The van der Waals surface area contributed by atoms with Gasteiger partial charge in [-0.15, -0.1) is 0 Å². The van der Waals surface area contributed by atoms with Crippen LogP contribution in [0.4, 0.5) is 0 Å². The maximum atomic E-state index is 14.2. The second-order valence-electron chi connectivity index (χ2n) is 11.9. The van der Waals surface area contributed by atoms with Crippen molar-refractivity contribution in [2.24, 2.45) is 17.1 Å². The van der Waals surface area contributed by atoms with Crippen molar-refractivity contribution in [2.45, 2.75) is 57.5 Å². The molecule has 208 valence electrons. The Kier molecular flexibility index (Phi) is 5.03. The van der Waals surface area contributed by atoms with E-state index in [9.17, 15) is 39.6 Å². The minimum Gasteiger partial charge on any atom is -0.511 e. The SMILES string of the molecule is COc1cc(O)c2c(O)c3c(c4c2c1[C@@]1(C4)C(C)=CCCC1(C)C)C(=O)[C@H]1CC(O)=C(C(N)=O)C(=O)[C@@]1(O)C3=O. The smallest absolute Gasteiger partial charge is 0.255 e. The summed E-state index contributed by atoms with van der Waals surface area (Å²) in [5.74, 6) is -8.36. The quantitative estimate of drug-likeness (QED) is 0.214. The minimum absolute atomic E-state index is 0.101. The Bertz CT molecular complexity index is 1710. The van der Waals surface area contributed by atoms with Gasteiger partial charge in [0.05, 0.1) is 24.0 Å². The number of phenols is 2. The molecule has 0 saturated carbocycles. The number of benzene rings is 2. The monoisotopic (exact) mass is 547 g/mol. The second kappa shape index (κ2) is 7.72. The molecule has 0 aliphatic heterocycles. The molecule has 0 aromatic heterocycles. The van der Waals surface area contributed by atoms with Crippen LogP contribution in [-0.2, 0) is 21.4 Å². The summed E-state index contributed by atoms with van der Waals surface area (Å²) in [6.07, 6.45) is 3.28. The molecule has 1 amide bonds. The van der Waals surface area contributed by atoms with Gasteiger partial charge in [0.1, 0.15) is 28.6 Å². The number of fused-ring (bicyclic) bond motifs is 4. The number of carbonyl (C=O) groups excluding carboxylic acids is 4. The van der Waals surface area contributed by atoms with E-state index < -0.39 is 75.0 Å². The third-order valence-corrected chi connectivity index (χ3v) is 9.88. The van der Waals surface area contributed by atoms with Gasteiger partial charge in [0, 0.05) is 34.4 Å². The summed E-state index contributed by atoms with van der Waals surface area (Å²) >= 11 is 0. The Morgan fingerprint density at radius 2 is 1.75 bits per heavy atom. The van der Waals surface area contributed by atoms with Gasteiger partial charge < -0.3 is 30.9 Å². The van der Waals surface area contributed by atoms with Gasteiger partial charge in [-0.1, -0.05) is 25.5 Å². The average Bonchev–Trinajstić information content (AvgIpc) is 3.23. The van der Waals surface area contributed by atoms with Gasteiger partial charge in [-0.2, -0.15) is 0 Å². The lowest BCUT2D eigenvalue weighted by Crippen LogP contribution is -2.62. The van der Waals surface area contributed by atoms with Crippen LogP contribution in [0, 0.1) is 11.3 Å².